The molecule has 1 unspecified atom stereocenters. The van der Waals surface area contributed by atoms with E-state index in [-0.39, 0.29) is 6.10 Å². The average Bonchev–Trinajstić information content (AvgIpc) is 2.67. The Morgan fingerprint density at radius 3 is 2.92 bits per heavy atom. The summed E-state index contributed by atoms with van der Waals surface area (Å²) < 4.78 is 10.8. The lowest BCUT2D eigenvalue weighted by atomic mass is 10.1. The third-order valence-electron chi connectivity index (χ3n) is 2.11. The first-order valence-corrected chi connectivity index (χ1v) is 4.54. The largest absolute Gasteiger partial charge is 0.421 e. The van der Waals surface area contributed by atoms with Gasteiger partial charge in [-0.05, 0) is 19.3 Å². The van der Waals surface area contributed by atoms with Gasteiger partial charge in [0.25, 0.3) is 0 Å². The van der Waals surface area contributed by atoms with Crippen molar-refractivity contribution in [2.24, 2.45) is 5.73 Å². The van der Waals surface area contributed by atoms with Gasteiger partial charge in [-0.25, -0.2) is 0 Å². The molecule has 2 N–H and O–H groups in total. The maximum Gasteiger partial charge on any atom is 0.245 e. The van der Waals surface area contributed by atoms with Crippen LogP contribution in [0.25, 0.3) is 0 Å². The van der Waals surface area contributed by atoms with Crippen LogP contribution < -0.4 is 5.73 Å². The van der Waals surface area contributed by atoms with Crippen molar-refractivity contribution < 1.29 is 9.15 Å². The van der Waals surface area contributed by atoms with Gasteiger partial charge in [0.15, 0.2) is 0 Å². The SMILES string of the molecule is NCc1nnc(C2CCCCO2)o1. The van der Waals surface area contributed by atoms with Crippen molar-refractivity contribution in [3.8, 4) is 0 Å². The molecule has 0 aromatic carbocycles. The molecule has 0 saturated carbocycles. The highest BCUT2D eigenvalue weighted by atomic mass is 16.5. The molecule has 1 saturated heterocycles. The molecule has 2 rings (SSSR count). The second-order valence-corrected chi connectivity index (χ2v) is 3.09. The van der Waals surface area contributed by atoms with Gasteiger partial charge in [-0.15, -0.1) is 10.2 Å². The summed E-state index contributed by atoms with van der Waals surface area (Å²) in [6.07, 6.45) is 3.23. The topological polar surface area (TPSA) is 74.2 Å². The van der Waals surface area contributed by atoms with E-state index in [9.17, 15) is 0 Å². The van der Waals surface area contributed by atoms with Crippen LogP contribution >= 0.6 is 0 Å². The smallest absolute Gasteiger partial charge is 0.245 e. The van der Waals surface area contributed by atoms with Crippen LogP contribution in [0.4, 0.5) is 0 Å². The molecule has 13 heavy (non-hydrogen) atoms. The molecule has 0 bridgehead atoms. The highest BCUT2D eigenvalue weighted by Crippen LogP contribution is 2.26. The summed E-state index contributed by atoms with van der Waals surface area (Å²) in [5.74, 6) is 1.05. The summed E-state index contributed by atoms with van der Waals surface area (Å²) in [5.41, 5.74) is 5.36. The minimum absolute atomic E-state index is 0.0125. The van der Waals surface area contributed by atoms with Gasteiger partial charge in [0.1, 0.15) is 6.10 Å². The van der Waals surface area contributed by atoms with Gasteiger partial charge in [0.2, 0.25) is 11.8 Å². The van der Waals surface area contributed by atoms with E-state index < -0.39 is 0 Å². The summed E-state index contributed by atoms with van der Waals surface area (Å²) in [6.45, 7) is 1.07. The highest BCUT2D eigenvalue weighted by Gasteiger charge is 2.21. The number of hydrogen-bond acceptors (Lipinski definition) is 5. The standard InChI is InChI=1S/C8H13N3O2/c9-5-7-10-11-8(13-7)6-3-1-2-4-12-6/h6H,1-5,9H2. The molecule has 1 fully saturated rings. The fraction of sp³-hybridized carbons (Fsp3) is 0.750. The van der Waals surface area contributed by atoms with Crippen LogP contribution in [-0.4, -0.2) is 16.8 Å². The molecule has 5 nitrogen and oxygen atoms in total. The Labute approximate surface area is 76.3 Å². The monoisotopic (exact) mass is 183 g/mol. The Kier molecular flexibility index (Phi) is 2.56. The van der Waals surface area contributed by atoms with Gasteiger partial charge in [0.05, 0.1) is 6.54 Å². The number of nitrogens with two attached hydrogens (primary N) is 1. The van der Waals surface area contributed by atoms with E-state index in [0.717, 1.165) is 25.9 Å². The lowest BCUT2D eigenvalue weighted by Crippen LogP contribution is -2.11. The summed E-state index contributed by atoms with van der Waals surface area (Å²) >= 11 is 0. The molecule has 1 aliphatic heterocycles. The van der Waals surface area contributed by atoms with Crippen LogP contribution in [0.2, 0.25) is 0 Å². The van der Waals surface area contributed by atoms with E-state index in [4.69, 9.17) is 14.9 Å². The Morgan fingerprint density at radius 2 is 2.31 bits per heavy atom. The van der Waals surface area contributed by atoms with Crippen LogP contribution in [0.15, 0.2) is 4.42 Å². The molecular weight excluding hydrogens is 170 g/mol. The zero-order valence-corrected chi connectivity index (χ0v) is 7.40. The quantitative estimate of drug-likeness (QED) is 0.733. The number of aromatic nitrogens is 2. The van der Waals surface area contributed by atoms with Crippen molar-refractivity contribution in [3.63, 3.8) is 0 Å². The van der Waals surface area contributed by atoms with Crippen molar-refractivity contribution in [2.45, 2.75) is 31.9 Å². The van der Waals surface area contributed by atoms with E-state index in [2.05, 4.69) is 10.2 Å². The molecule has 1 aromatic rings. The summed E-state index contributed by atoms with van der Waals surface area (Å²) in [6, 6.07) is 0. The first kappa shape index (κ1) is 8.65. The Morgan fingerprint density at radius 1 is 1.38 bits per heavy atom. The first-order valence-electron chi connectivity index (χ1n) is 4.54. The van der Waals surface area contributed by atoms with Gasteiger partial charge >= 0.3 is 0 Å². The average molecular weight is 183 g/mol. The molecule has 0 amide bonds. The minimum atomic E-state index is -0.0125. The van der Waals surface area contributed by atoms with E-state index in [1.165, 1.54) is 0 Å². The van der Waals surface area contributed by atoms with Gasteiger partial charge in [0, 0.05) is 6.61 Å². The van der Waals surface area contributed by atoms with Gasteiger partial charge in [-0.2, -0.15) is 0 Å². The second kappa shape index (κ2) is 3.85. The van der Waals surface area contributed by atoms with Crippen molar-refractivity contribution in [2.75, 3.05) is 6.61 Å². The lowest BCUT2D eigenvalue weighted by Gasteiger charge is -2.18. The van der Waals surface area contributed by atoms with Gasteiger partial charge in [-0.1, -0.05) is 0 Å². The minimum Gasteiger partial charge on any atom is -0.421 e. The van der Waals surface area contributed by atoms with E-state index in [0.29, 0.717) is 18.3 Å². The lowest BCUT2D eigenvalue weighted by molar-refractivity contribution is -0.00209. The number of rotatable bonds is 2. The molecule has 1 atom stereocenters. The summed E-state index contributed by atoms with van der Waals surface area (Å²) in [7, 11) is 0. The fourth-order valence-electron chi connectivity index (χ4n) is 1.41. The Balaban J connectivity index is 2.05. The molecule has 0 radical (unpaired) electrons. The predicted molar refractivity (Wildman–Crippen MR) is 44.7 cm³/mol. The zero-order chi connectivity index (χ0) is 9.10. The summed E-state index contributed by atoms with van der Waals surface area (Å²) in [4.78, 5) is 0. The molecule has 0 spiro atoms. The van der Waals surface area contributed by atoms with E-state index in [1.54, 1.807) is 0 Å². The molecule has 5 heteroatoms. The number of nitrogens with zero attached hydrogens (tertiary/aromatic N) is 2. The maximum absolute atomic E-state index is 5.48. The number of hydrogen-bond donors (Lipinski definition) is 1. The van der Waals surface area contributed by atoms with E-state index >= 15 is 0 Å². The fourth-order valence-corrected chi connectivity index (χ4v) is 1.41. The van der Waals surface area contributed by atoms with Crippen molar-refractivity contribution in [1.29, 1.82) is 0 Å². The number of ether oxygens (including phenoxy) is 1. The van der Waals surface area contributed by atoms with Crippen LogP contribution in [-0.2, 0) is 11.3 Å². The Bertz CT molecular complexity index is 268. The molecular formula is C8H13N3O2. The van der Waals surface area contributed by atoms with Crippen LogP contribution in [0, 0.1) is 0 Å². The van der Waals surface area contributed by atoms with Crippen molar-refractivity contribution in [1.82, 2.24) is 10.2 Å². The molecule has 2 heterocycles. The highest BCUT2D eigenvalue weighted by molar-refractivity contribution is 4.87. The van der Waals surface area contributed by atoms with Crippen LogP contribution in [0.3, 0.4) is 0 Å². The van der Waals surface area contributed by atoms with Crippen molar-refractivity contribution >= 4 is 0 Å². The molecule has 0 aliphatic carbocycles. The summed E-state index contributed by atoms with van der Waals surface area (Å²) in [5, 5.41) is 7.68. The van der Waals surface area contributed by atoms with Crippen molar-refractivity contribution in [3.05, 3.63) is 11.8 Å². The Hall–Kier alpha value is -0.940. The maximum atomic E-state index is 5.48. The molecule has 72 valence electrons. The molecule has 1 aromatic heterocycles. The van der Waals surface area contributed by atoms with Gasteiger partial charge < -0.3 is 14.9 Å². The first-order chi connectivity index (χ1) is 6.40. The normalized spacial score (nSPS) is 23.3. The second-order valence-electron chi connectivity index (χ2n) is 3.09. The van der Waals surface area contributed by atoms with E-state index in [1.807, 2.05) is 0 Å². The van der Waals surface area contributed by atoms with Gasteiger partial charge in [-0.3, -0.25) is 0 Å². The van der Waals surface area contributed by atoms with Crippen LogP contribution in [0.1, 0.15) is 37.1 Å². The predicted octanol–water partition coefficient (Wildman–Crippen LogP) is 0.770. The molecule has 1 aliphatic rings. The third-order valence-corrected chi connectivity index (χ3v) is 2.11. The zero-order valence-electron chi connectivity index (χ0n) is 7.40. The van der Waals surface area contributed by atoms with Crippen LogP contribution in [0.5, 0.6) is 0 Å². The third kappa shape index (κ3) is 1.87.